The second-order valence-corrected chi connectivity index (χ2v) is 4.80. The van der Waals surface area contributed by atoms with Crippen molar-refractivity contribution in [3.8, 4) is 0 Å². The molecule has 2 aromatic rings. The molecule has 0 N–H and O–H groups in total. The molecule has 88 valence electrons. The molecule has 0 atom stereocenters. The zero-order valence-electron chi connectivity index (χ0n) is 10.2. The molecule has 0 saturated carbocycles. The van der Waals surface area contributed by atoms with Gasteiger partial charge in [-0.25, -0.2) is 0 Å². The van der Waals surface area contributed by atoms with Crippen LogP contribution in [0.3, 0.4) is 0 Å². The maximum absolute atomic E-state index is 4.33. The predicted molar refractivity (Wildman–Crippen MR) is 66.9 cm³/mol. The predicted octanol–water partition coefficient (Wildman–Crippen LogP) is 2.51. The Hall–Kier alpha value is -1.64. The minimum absolute atomic E-state index is 0.896. The van der Waals surface area contributed by atoms with Crippen molar-refractivity contribution in [2.75, 3.05) is 0 Å². The van der Waals surface area contributed by atoms with E-state index in [1.807, 2.05) is 0 Å². The van der Waals surface area contributed by atoms with E-state index in [0.29, 0.717) is 0 Å². The molecule has 0 saturated heterocycles. The highest BCUT2D eigenvalue weighted by atomic mass is 15.3. The van der Waals surface area contributed by atoms with E-state index >= 15 is 0 Å². The number of hydrogen-bond donors (Lipinski definition) is 0. The molecule has 0 aliphatic carbocycles. The largest absolute Gasteiger partial charge is 0.315 e. The van der Waals surface area contributed by atoms with Gasteiger partial charge in [-0.15, -0.1) is 10.2 Å². The molecule has 1 aliphatic heterocycles. The quantitative estimate of drug-likeness (QED) is 0.789. The summed E-state index contributed by atoms with van der Waals surface area (Å²) in [4.78, 5) is 0. The Morgan fingerprint density at radius 2 is 1.94 bits per heavy atom. The fourth-order valence-corrected chi connectivity index (χ4v) is 2.39. The van der Waals surface area contributed by atoms with Gasteiger partial charge in [0.25, 0.3) is 0 Å². The molecule has 1 aromatic carbocycles. The van der Waals surface area contributed by atoms with Gasteiger partial charge in [0, 0.05) is 19.4 Å². The van der Waals surface area contributed by atoms with Crippen LogP contribution in [0.5, 0.6) is 0 Å². The van der Waals surface area contributed by atoms with Gasteiger partial charge in [-0.05, 0) is 25.3 Å². The van der Waals surface area contributed by atoms with Crippen LogP contribution in [0.25, 0.3) is 0 Å². The van der Waals surface area contributed by atoms with Crippen LogP contribution in [0.15, 0.2) is 24.3 Å². The molecule has 0 amide bonds. The van der Waals surface area contributed by atoms with Gasteiger partial charge in [0.2, 0.25) is 0 Å². The highest BCUT2D eigenvalue weighted by Gasteiger charge is 2.15. The average Bonchev–Trinajstić information content (AvgIpc) is 2.76. The van der Waals surface area contributed by atoms with Crippen LogP contribution in [-0.4, -0.2) is 14.8 Å². The summed E-state index contributed by atoms with van der Waals surface area (Å²) < 4.78 is 2.29. The van der Waals surface area contributed by atoms with Crippen molar-refractivity contribution in [3.63, 3.8) is 0 Å². The Balaban J connectivity index is 1.85. The van der Waals surface area contributed by atoms with Gasteiger partial charge in [0.05, 0.1) is 0 Å². The highest BCUT2D eigenvalue weighted by Crippen LogP contribution is 2.16. The van der Waals surface area contributed by atoms with Crippen molar-refractivity contribution in [2.24, 2.45) is 0 Å². The second-order valence-electron chi connectivity index (χ2n) is 4.80. The fraction of sp³-hybridized carbons (Fsp3) is 0.429. The minimum atomic E-state index is 0.896. The smallest absolute Gasteiger partial charge is 0.137 e. The van der Waals surface area contributed by atoms with Crippen LogP contribution in [-0.2, 0) is 19.4 Å². The molecule has 3 nitrogen and oxygen atoms in total. The van der Waals surface area contributed by atoms with Crippen molar-refractivity contribution < 1.29 is 0 Å². The topological polar surface area (TPSA) is 30.7 Å². The van der Waals surface area contributed by atoms with Crippen LogP contribution in [0.4, 0.5) is 0 Å². The highest BCUT2D eigenvalue weighted by molar-refractivity contribution is 5.24. The van der Waals surface area contributed by atoms with Gasteiger partial charge < -0.3 is 4.57 Å². The number of aromatic nitrogens is 3. The van der Waals surface area contributed by atoms with Crippen molar-refractivity contribution in [3.05, 3.63) is 47.0 Å². The standard InChI is InChI=1S/C14H17N3/c1-11-5-7-12(8-6-11)10-14-16-15-13-4-2-3-9-17(13)14/h5-8H,2-4,9-10H2,1H3. The summed E-state index contributed by atoms with van der Waals surface area (Å²) in [6, 6.07) is 8.67. The van der Waals surface area contributed by atoms with Crippen molar-refractivity contribution in [1.82, 2.24) is 14.8 Å². The molecule has 17 heavy (non-hydrogen) atoms. The third kappa shape index (κ3) is 2.09. The number of fused-ring (bicyclic) bond motifs is 1. The Bertz CT molecular complexity index is 511. The lowest BCUT2D eigenvalue weighted by molar-refractivity contribution is 0.510. The summed E-state index contributed by atoms with van der Waals surface area (Å²) in [5, 5.41) is 8.61. The lowest BCUT2D eigenvalue weighted by Crippen LogP contribution is -2.13. The zero-order chi connectivity index (χ0) is 11.7. The molecular weight excluding hydrogens is 210 g/mol. The number of nitrogens with zero attached hydrogens (tertiary/aromatic N) is 3. The normalized spacial score (nSPS) is 14.6. The van der Waals surface area contributed by atoms with Gasteiger partial charge in [-0.2, -0.15) is 0 Å². The van der Waals surface area contributed by atoms with Crippen molar-refractivity contribution in [2.45, 2.75) is 39.2 Å². The molecule has 0 fully saturated rings. The Morgan fingerprint density at radius 1 is 1.12 bits per heavy atom. The van der Waals surface area contributed by atoms with Gasteiger partial charge >= 0.3 is 0 Å². The fourth-order valence-electron chi connectivity index (χ4n) is 2.39. The minimum Gasteiger partial charge on any atom is -0.315 e. The summed E-state index contributed by atoms with van der Waals surface area (Å²) in [5.41, 5.74) is 2.62. The van der Waals surface area contributed by atoms with Crippen molar-refractivity contribution >= 4 is 0 Å². The lowest BCUT2D eigenvalue weighted by Gasteiger charge is -2.14. The summed E-state index contributed by atoms with van der Waals surface area (Å²) >= 11 is 0. The molecule has 1 aromatic heterocycles. The van der Waals surface area contributed by atoms with Gasteiger partial charge in [-0.3, -0.25) is 0 Å². The SMILES string of the molecule is Cc1ccc(Cc2nnc3n2CCCC3)cc1. The summed E-state index contributed by atoms with van der Waals surface area (Å²) in [5.74, 6) is 2.28. The second kappa shape index (κ2) is 4.32. The number of aryl methyl sites for hydroxylation is 2. The van der Waals surface area contributed by atoms with Crippen LogP contribution < -0.4 is 0 Å². The van der Waals surface area contributed by atoms with Crippen LogP contribution in [0.1, 0.15) is 35.6 Å². The average molecular weight is 227 g/mol. The Kier molecular flexibility index (Phi) is 2.67. The third-order valence-electron chi connectivity index (χ3n) is 3.42. The number of rotatable bonds is 2. The van der Waals surface area contributed by atoms with E-state index in [9.17, 15) is 0 Å². The molecule has 0 unspecified atom stereocenters. The zero-order valence-corrected chi connectivity index (χ0v) is 10.2. The van der Waals surface area contributed by atoms with Crippen molar-refractivity contribution in [1.29, 1.82) is 0 Å². The first kappa shape index (κ1) is 10.5. The first-order chi connectivity index (χ1) is 8.33. The number of hydrogen-bond acceptors (Lipinski definition) is 2. The Morgan fingerprint density at radius 3 is 2.76 bits per heavy atom. The molecule has 0 spiro atoms. The summed E-state index contributed by atoms with van der Waals surface area (Å²) in [6.07, 6.45) is 4.49. The molecule has 2 heterocycles. The summed E-state index contributed by atoms with van der Waals surface area (Å²) in [6.45, 7) is 3.20. The van der Waals surface area contributed by atoms with Gasteiger partial charge in [0.15, 0.2) is 0 Å². The monoisotopic (exact) mass is 227 g/mol. The maximum atomic E-state index is 4.33. The molecule has 0 radical (unpaired) electrons. The van der Waals surface area contributed by atoms with Crippen LogP contribution in [0.2, 0.25) is 0 Å². The molecule has 1 aliphatic rings. The van der Waals surface area contributed by atoms with Crippen LogP contribution >= 0.6 is 0 Å². The first-order valence-corrected chi connectivity index (χ1v) is 6.29. The number of benzene rings is 1. The van der Waals surface area contributed by atoms with Gasteiger partial charge in [-0.1, -0.05) is 29.8 Å². The van der Waals surface area contributed by atoms with E-state index < -0.39 is 0 Å². The maximum Gasteiger partial charge on any atom is 0.137 e. The molecule has 0 bridgehead atoms. The third-order valence-corrected chi connectivity index (χ3v) is 3.42. The molecule has 3 rings (SSSR count). The van der Waals surface area contributed by atoms with E-state index in [1.54, 1.807) is 0 Å². The van der Waals surface area contributed by atoms with E-state index in [4.69, 9.17) is 0 Å². The van der Waals surface area contributed by atoms with Crippen LogP contribution in [0, 0.1) is 6.92 Å². The van der Waals surface area contributed by atoms with E-state index in [2.05, 4.69) is 46.0 Å². The molecular formula is C14H17N3. The first-order valence-electron chi connectivity index (χ1n) is 6.29. The van der Waals surface area contributed by atoms with E-state index in [0.717, 1.165) is 25.2 Å². The molecule has 3 heteroatoms. The lowest BCUT2D eigenvalue weighted by atomic mass is 10.1. The van der Waals surface area contributed by atoms with Gasteiger partial charge in [0.1, 0.15) is 11.6 Å². The van der Waals surface area contributed by atoms with E-state index in [1.165, 1.54) is 29.8 Å². The Labute approximate surface area is 101 Å². The van der Waals surface area contributed by atoms with E-state index in [-0.39, 0.29) is 0 Å². The summed E-state index contributed by atoms with van der Waals surface area (Å²) in [7, 11) is 0.